The van der Waals surface area contributed by atoms with Crippen molar-refractivity contribution in [2.45, 2.75) is 12.5 Å². The van der Waals surface area contributed by atoms with Crippen molar-refractivity contribution in [1.82, 2.24) is 14.5 Å². The first kappa shape index (κ1) is 12.9. The largest absolute Gasteiger partial charge is 0.481 e. The summed E-state index contributed by atoms with van der Waals surface area (Å²) in [6.07, 6.45) is 0.553. The Morgan fingerprint density at radius 1 is 1.35 bits per heavy atom. The predicted octanol–water partition coefficient (Wildman–Crippen LogP) is 0.612. The lowest BCUT2D eigenvalue weighted by Crippen LogP contribution is -2.20. The first-order valence-electron chi connectivity index (χ1n) is 6.61. The highest BCUT2D eigenvalue weighted by Gasteiger charge is 2.31. The second-order valence-electron chi connectivity index (χ2n) is 5.35. The van der Waals surface area contributed by atoms with E-state index in [-0.39, 0.29) is 17.6 Å². The standard InChI is InChI=1S/C14H17N3O3/c1-16-11-5-3-4-9(12(11)17(2)14(16)20)10-6-8(7-15-10)13(18)19/h3-5,8,10,15H,6-7H2,1-2H3,(H,18,19). The summed E-state index contributed by atoms with van der Waals surface area (Å²) in [6.45, 7) is 0.469. The quantitative estimate of drug-likeness (QED) is 0.842. The number of hydrogen-bond donors (Lipinski definition) is 2. The number of nitrogens with one attached hydrogen (secondary N) is 1. The number of hydrogen-bond acceptors (Lipinski definition) is 3. The van der Waals surface area contributed by atoms with E-state index in [0.717, 1.165) is 16.6 Å². The van der Waals surface area contributed by atoms with Gasteiger partial charge in [-0.05, 0) is 18.1 Å². The molecule has 106 valence electrons. The van der Waals surface area contributed by atoms with Gasteiger partial charge in [0.05, 0.1) is 17.0 Å². The third-order valence-electron chi connectivity index (χ3n) is 4.17. The van der Waals surface area contributed by atoms with Gasteiger partial charge in [-0.15, -0.1) is 0 Å². The van der Waals surface area contributed by atoms with E-state index in [2.05, 4.69) is 5.32 Å². The van der Waals surface area contributed by atoms with Crippen molar-refractivity contribution in [3.63, 3.8) is 0 Å². The molecular formula is C14H17N3O3. The van der Waals surface area contributed by atoms with Crippen molar-refractivity contribution in [3.05, 3.63) is 34.2 Å². The zero-order valence-corrected chi connectivity index (χ0v) is 11.5. The van der Waals surface area contributed by atoms with Crippen LogP contribution in [0.2, 0.25) is 0 Å². The number of benzene rings is 1. The average Bonchev–Trinajstić information content (AvgIpc) is 3.00. The molecule has 6 heteroatoms. The number of aliphatic carboxylic acids is 1. The highest BCUT2D eigenvalue weighted by atomic mass is 16.4. The Morgan fingerprint density at radius 3 is 2.75 bits per heavy atom. The summed E-state index contributed by atoms with van der Waals surface area (Å²) in [4.78, 5) is 23.1. The summed E-state index contributed by atoms with van der Waals surface area (Å²) < 4.78 is 3.24. The molecule has 1 aliphatic heterocycles. The van der Waals surface area contributed by atoms with Gasteiger partial charge in [0.15, 0.2) is 0 Å². The summed E-state index contributed by atoms with van der Waals surface area (Å²) in [7, 11) is 3.49. The van der Waals surface area contributed by atoms with E-state index in [1.807, 2.05) is 18.2 Å². The molecule has 0 radical (unpaired) electrons. The van der Waals surface area contributed by atoms with Gasteiger partial charge in [-0.1, -0.05) is 12.1 Å². The molecule has 1 fully saturated rings. The van der Waals surface area contributed by atoms with E-state index in [1.54, 1.807) is 23.2 Å². The number of para-hydroxylation sites is 1. The molecule has 20 heavy (non-hydrogen) atoms. The monoisotopic (exact) mass is 275 g/mol. The Kier molecular flexibility index (Phi) is 2.90. The lowest BCUT2D eigenvalue weighted by atomic mass is 9.99. The zero-order chi connectivity index (χ0) is 14.4. The molecule has 2 atom stereocenters. The maximum Gasteiger partial charge on any atom is 0.328 e. The van der Waals surface area contributed by atoms with Crippen molar-refractivity contribution in [3.8, 4) is 0 Å². The Labute approximate surface area is 115 Å². The van der Waals surface area contributed by atoms with E-state index in [0.29, 0.717) is 13.0 Å². The van der Waals surface area contributed by atoms with Crippen molar-refractivity contribution in [2.24, 2.45) is 20.0 Å². The highest BCUT2D eigenvalue weighted by Crippen LogP contribution is 2.31. The number of fused-ring (bicyclic) bond motifs is 1. The topological polar surface area (TPSA) is 76.3 Å². The molecule has 2 aromatic rings. The fraction of sp³-hybridized carbons (Fsp3) is 0.429. The van der Waals surface area contributed by atoms with Crippen molar-refractivity contribution < 1.29 is 9.90 Å². The number of nitrogens with zero attached hydrogens (tertiary/aromatic N) is 2. The first-order chi connectivity index (χ1) is 9.50. The maximum atomic E-state index is 12.0. The van der Waals surface area contributed by atoms with Gasteiger partial charge < -0.3 is 10.4 Å². The molecule has 1 aromatic carbocycles. The van der Waals surface area contributed by atoms with E-state index in [4.69, 9.17) is 5.11 Å². The van der Waals surface area contributed by atoms with E-state index in [9.17, 15) is 9.59 Å². The van der Waals surface area contributed by atoms with Crippen LogP contribution in [-0.4, -0.2) is 26.8 Å². The van der Waals surface area contributed by atoms with Crippen LogP contribution in [0.5, 0.6) is 0 Å². The fourth-order valence-corrected chi connectivity index (χ4v) is 3.05. The first-order valence-corrected chi connectivity index (χ1v) is 6.61. The summed E-state index contributed by atoms with van der Waals surface area (Å²) in [5, 5.41) is 12.3. The number of rotatable bonds is 2. The van der Waals surface area contributed by atoms with E-state index < -0.39 is 5.97 Å². The Bertz CT molecular complexity index is 744. The van der Waals surface area contributed by atoms with Gasteiger partial charge in [0, 0.05) is 26.7 Å². The van der Waals surface area contributed by atoms with Crippen LogP contribution >= 0.6 is 0 Å². The minimum Gasteiger partial charge on any atom is -0.481 e. The van der Waals surface area contributed by atoms with Gasteiger partial charge in [-0.25, -0.2) is 4.79 Å². The SMILES string of the molecule is Cn1c(=O)n(C)c2c(C3CC(C(=O)O)CN3)cccc21. The van der Waals surface area contributed by atoms with Crippen LogP contribution in [-0.2, 0) is 18.9 Å². The third kappa shape index (κ3) is 1.76. The molecule has 0 bridgehead atoms. The van der Waals surface area contributed by atoms with Crippen molar-refractivity contribution in [1.29, 1.82) is 0 Å². The van der Waals surface area contributed by atoms with Crippen LogP contribution in [0.15, 0.2) is 23.0 Å². The summed E-state index contributed by atoms with van der Waals surface area (Å²) in [5.74, 6) is -1.13. The lowest BCUT2D eigenvalue weighted by Gasteiger charge is -2.13. The summed E-state index contributed by atoms with van der Waals surface area (Å²) in [6, 6.07) is 5.76. The fourth-order valence-electron chi connectivity index (χ4n) is 3.05. The summed E-state index contributed by atoms with van der Waals surface area (Å²) in [5.41, 5.74) is 2.67. The minimum absolute atomic E-state index is 0.0206. The van der Waals surface area contributed by atoms with Crippen LogP contribution in [0.25, 0.3) is 11.0 Å². The Balaban J connectivity index is 2.12. The molecule has 0 amide bonds. The second kappa shape index (κ2) is 4.49. The minimum atomic E-state index is -0.769. The highest BCUT2D eigenvalue weighted by molar-refractivity contribution is 5.80. The molecule has 3 rings (SSSR count). The normalized spacial score (nSPS) is 22.5. The van der Waals surface area contributed by atoms with Crippen LogP contribution in [0.4, 0.5) is 0 Å². The third-order valence-corrected chi connectivity index (χ3v) is 4.17. The van der Waals surface area contributed by atoms with Crippen LogP contribution < -0.4 is 11.0 Å². The zero-order valence-electron chi connectivity index (χ0n) is 11.5. The number of carbonyl (C=O) groups is 1. The second-order valence-corrected chi connectivity index (χ2v) is 5.35. The van der Waals surface area contributed by atoms with Crippen molar-refractivity contribution >= 4 is 17.0 Å². The van der Waals surface area contributed by atoms with Crippen LogP contribution in [0, 0.1) is 5.92 Å². The maximum absolute atomic E-state index is 12.0. The Morgan fingerprint density at radius 2 is 2.10 bits per heavy atom. The van der Waals surface area contributed by atoms with Crippen molar-refractivity contribution in [2.75, 3.05) is 6.54 Å². The number of carboxylic acids is 1. The van der Waals surface area contributed by atoms with Gasteiger partial charge in [-0.3, -0.25) is 13.9 Å². The number of imidazole rings is 1. The molecule has 1 saturated heterocycles. The summed E-state index contributed by atoms with van der Waals surface area (Å²) >= 11 is 0. The van der Waals surface area contributed by atoms with Gasteiger partial charge in [0.2, 0.25) is 0 Å². The molecule has 2 N–H and O–H groups in total. The van der Waals surface area contributed by atoms with Gasteiger partial charge >= 0.3 is 11.7 Å². The van der Waals surface area contributed by atoms with Crippen LogP contribution in [0.3, 0.4) is 0 Å². The van der Waals surface area contributed by atoms with Gasteiger partial charge in [0.1, 0.15) is 0 Å². The molecule has 0 aliphatic carbocycles. The van der Waals surface area contributed by atoms with E-state index in [1.165, 1.54) is 0 Å². The molecule has 1 aliphatic rings. The number of aromatic nitrogens is 2. The van der Waals surface area contributed by atoms with Gasteiger partial charge in [-0.2, -0.15) is 0 Å². The lowest BCUT2D eigenvalue weighted by molar-refractivity contribution is -0.141. The van der Waals surface area contributed by atoms with Crippen LogP contribution in [0.1, 0.15) is 18.0 Å². The average molecular weight is 275 g/mol. The van der Waals surface area contributed by atoms with E-state index >= 15 is 0 Å². The van der Waals surface area contributed by atoms with Gasteiger partial charge in [0.25, 0.3) is 0 Å². The Hall–Kier alpha value is -2.08. The molecule has 1 aromatic heterocycles. The predicted molar refractivity (Wildman–Crippen MR) is 74.6 cm³/mol. The molecule has 0 saturated carbocycles. The smallest absolute Gasteiger partial charge is 0.328 e. The molecule has 2 heterocycles. The molecule has 2 unspecified atom stereocenters. The number of carboxylic acid groups (broad SMARTS) is 1. The molecule has 0 spiro atoms. The molecule has 6 nitrogen and oxygen atoms in total. The number of aryl methyl sites for hydroxylation is 2. The molecular weight excluding hydrogens is 258 g/mol.